The number of rotatable bonds is 1. The molecule has 0 aliphatic rings. The van der Waals surface area contributed by atoms with E-state index < -0.39 is 0 Å². The third-order valence-corrected chi connectivity index (χ3v) is 0.723. The molecule has 3 heteroatoms. The van der Waals surface area contributed by atoms with Crippen molar-refractivity contribution in [2.24, 2.45) is 5.16 Å². The summed E-state index contributed by atoms with van der Waals surface area (Å²) >= 11 is 0. The Kier molecular flexibility index (Phi) is 1.32. The van der Waals surface area contributed by atoms with E-state index in [9.17, 15) is 5.21 Å². The lowest BCUT2D eigenvalue weighted by Gasteiger charge is -1.84. The first-order valence-electron chi connectivity index (χ1n) is 2.12. The van der Waals surface area contributed by atoms with Crippen molar-refractivity contribution in [1.82, 2.24) is 0 Å². The summed E-state index contributed by atoms with van der Waals surface area (Å²) in [4.78, 5) is 0. The summed E-state index contributed by atoms with van der Waals surface area (Å²) in [5, 5.41) is 12.0. The molecule has 0 spiro atoms. The van der Waals surface area contributed by atoms with Gasteiger partial charge in [0, 0.05) is 0 Å². The zero-order chi connectivity index (χ0) is 5.82. The van der Waals surface area contributed by atoms with E-state index in [0.717, 1.165) is 6.21 Å². The van der Waals surface area contributed by atoms with Gasteiger partial charge in [0.2, 0.25) is 0 Å². The lowest BCUT2D eigenvalue weighted by molar-refractivity contribution is 0.560. The summed E-state index contributed by atoms with van der Waals surface area (Å²) in [7, 11) is 0. The fourth-order valence-electron chi connectivity index (χ4n) is 0.417. The zero-order valence-corrected chi connectivity index (χ0v) is 4.07. The number of nitrogens with zero attached hydrogens (tertiary/aromatic N) is 1. The lowest BCUT2D eigenvalue weighted by atomic mass is 10.5. The first kappa shape index (κ1) is 4.90. The number of hydrogen-bond acceptors (Lipinski definition) is 3. The van der Waals surface area contributed by atoms with Crippen LogP contribution in [0.15, 0.2) is 28.0 Å². The Labute approximate surface area is 46.2 Å². The molecule has 0 N–H and O–H groups in total. The zero-order valence-electron chi connectivity index (χ0n) is 4.07. The van der Waals surface area contributed by atoms with E-state index in [1.54, 1.807) is 12.1 Å². The second kappa shape index (κ2) is 2.16. The second-order valence-corrected chi connectivity index (χ2v) is 1.25. The van der Waals surface area contributed by atoms with Crippen LogP contribution in [0.5, 0.6) is 0 Å². The van der Waals surface area contributed by atoms with Gasteiger partial charge in [0.05, 0.1) is 12.5 Å². The highest BCUT2D eigenvalue weighted by Gasteiger charge is 1.82. The van der Waals surface area contributed by atoms with Crippen molar-refractivity contribution in [2.45, 2.75) is 0 Å². The van der Waals surface area contributed by atoms with Crippen molar-refractivity contribution in [2.75, 3.05) is 0 Å². The fraction of sp³-hybridized carbons (Fsp3) is 0. The maximum atomic E-state index is 9.51. The Morgan fingerprint density at radius 2 is 2.62 bits per heavy atom. The van der Waals surface area contributed by atoms with Gasteiger partial charge in [0.25, 0.3) is 0 Å². The van der Waals surface area contributed by atoms with Gasteiger partial charge in [0.1, 0.15) is 5.76 Å². The predicted molar refractivity (Wildman–Crippen MR) is 29.7 cm³/mol. The minimum Gasteiger partial charge on any atom is -0.792 e. The molecular formula is C5H4NO2-. The molecule has 1 heterocycles. The van der Waals surface area contributed by atoms with Gasteiger partial charge in [-0.25, -0.2) is 0 Å². The van der Waals surface area contributed by atoms with Crippen molar-refractivity contribution < 1.29 is 4.42 Å². The summed E-state index contributed by atoms with van der Waals surface area (Å²) in [6, 6.07) is 3.35. The highest BCUT2D eigenvalue weighted by molar-refractivity contribution is 5.75. The maximum absolute atomic E-state index is 9.51. The van der Waals surface area contributed by atoms with E-state index >= 15 is 0 Å². The largest absolute Gasteiger partial charge is 0.792 e. The van der Waals surface area contributed by atoms with Crippen LogP contribution in [0.4, 0.5) is 0 Å². The molecule has 1 aromatic rings. The number of hydrogen-bond donors (Lipinski definition) is 0. The van der Waals surface area contributed by atoms with Crippen LogP contribution < -0.4 is 0 Å². The summed E-state index contributed by atoms with van der Waals surface area (Å²) < 4.78 is 4.72. The predicted octanol–water partition coefficient (Wildman–Crippen LogP) is 1.20. The van der Waals surface area contributed by atoms with E-state index in [-0.39, 0.29) is 0 Å². The molecule has 0 aromatic carbocycles. The van der Waals surface area contributed by atoms with E-state index in [1.165, 1.54) is 6.26 Å². The third kappa shape index (κ3) is 0.872. The van der Waals surface area contributed by atoms with E-state index in [2.05, 4.69) is 5.16 Å². The van der Waals surface area contributed by atoms with E-state index in [4.69, 9.17) is 4.42 Å². The maximum Gasteiger partial charge on any atom is 0.144 e. The highest BCUT2D eigenvalue weighted by atomic mass is 16.4. The van der Waals surface area contributed by atoms with Gasteiger partial charge in [-0.05, 0) is 12.1 Å². The van der Waals surface area contributed by atoms with Crippen LogP contribution in [0, 0.1) is 5.21 Å². The molecule has 0 amide bonds. The average Bonchev–Trinajstić information content (AvgIpc) is 2.19. The van der Waals surface area contributed by atoms with Gasteiger partial charge in [-0.1, -0.05) is 0 Å². The minimum absolute atomic E-state index is 0.486. The summed E-state index contributed by atoms with van der Waals surface area (Å²) in [6.07, 6.45) is 2.59. The third-order valence-electron chi connectivity index (χ3n) is 0.723. The quantitative estimate of drug-likeness (QED) is 0.402. The summed E-state index contributed by atoms with van der Waals surface area (Å²) in [5.74, 6) is 0.486. The normalized spacial score (nSPS) is 10.5. The van der Waals surface area contributed by atoms with Gasteiger partial charge < -0.3 is 14.8 Å². The van der Waals surface area contributed by atoms with Crippen molar-refractivity contribution in [3.8, 4) is 0 Å². The molecule has 0 unspecified atom stereocenters. The SMILES string of the molecule is [O-]N=Cc1ccco1. The fourth-order valence-corrected chi connectivity index (χ4v) is 0.417. The van der Waals surface area contributed by atoms with Crippen LogP contribution in [0.2, 0.25) is 0 Å². The molecule has 3 nitrogen and oxygen atoms in total. The highest BCUT2D eigenvalue weighted by Crippen LogP contribution is 1.93. The van der Waals surface area contributed by atoms with E-state index in [0.29, 0.717) is 5.76 Å². The standard InChI is InChI=1S/C5H5NO2/c7-6-4-5-2-1-3-8-5/h1-4,7H/p-1. The molecule has 1 rings (SSSR count). The monoisotopic (exact) mass is 110 g/mol. The lowest BCUT2D eigenvalue weighted by Crippen LogP contribution is -1.68. The van der Waals surface area contributed by atoms with Crippen molar-refractivity contribution in [3.05, 3.63) is 29.4 Å². The van der Waals surface area contributed by atoms with E-state index in [1.807, 2.05) is 0 Å². The molecule has 1 aromatic heterocycles. The van der Waals surface area contributed by atoms with Crippen LogP contribution in [0.25, 0.3) is 0 Å². The summed E-state index contributed by atoms with van der Waals surface area (Å²) in [6.45, 7) is 0. The summed E-state index contributed by atoms with van der Waals surface area (Å²) in [5.41, 5.74) is 0. The van der Waals surface area contributed by atoms with Crippen LogP contribution in [-0.4, -0.2) is 6.21 Å². The molecule has 0 saturated carbocycles. The molecular weight excluding hydrogens is 106 g/mol. The minimum atomic E-state index is 0.486. The van der Waals surface area contributed by atoms with Gasteiger partial charge in [-0.15, -0.1) is 0 Å². The van der Waals surface area contributed by atoms with Crippen LogP contribution in [-0.2, 0) is 0 Å². The molecule has 0 fully saturated rings. The Balaban J connectivity index is 2.77. The Morgan fingerprint density at radius 1 is 1.75 bits per heavy atom. The van der Waals surface area contributed by atoms with Gasteiger partial charge in [-0.3, -0.25) is 0 Å². The Bertz CT molecular complexity index is 167. The average molecular weight is 110 g/mol. The van der Waals surface area contributed by atoms with Gasteiger partial charge in [-0.2, -0.15) is 0 Å². The first-order chi connectivity index (χ1) is 3.93. The van der Waals surface area contributed by atoms with Crippen LogP contribution in [0.1, 0.15) is 5.76 Å². The molecule has 0 saturated heterocycles. The first-order valence-corrected chi connectivity index (χ1v) is 2.12. The van der Waals surface area contributed by atoms with Crippen molar-refractivity contribution in [1.29, 1.82) is 0 Å². The number of furan rings is 1. The Hall–Kier alpha value is -1.25. The molecule has 0 atom stereocenters. The smallest absolute Gasteiger partial charge is 0.144 e. The van der Waals surface area contributed by atoms with Gasteiger partial charge in [0.15, 0.2) is 0 Å². The van der Waals surface area contributed by atoms with Gasteiger partial charge >= 0.3 is 0 Å². The molecule has 0 aliphatic heterocycles. The van der Waals surface area contributed by atoms with Crippen LogP contribution in [0.3, 0.4) is 0 Å². The Morgan fingerprint density at radius 3 is 3.12 bits per heavy atom. The molecule has 0 aliphatic carbocycles. The molecule has 42 valence electrons. The van der Waals surface area contributed by atoms with Crippen molar-refractivity contribution in [3.63, 3.8) is 0 Å². The molecule has 8 heavy (non-hydrogen) atoms. The second-order valence-electron chi connectivity index (χ2n) is 1.25. The molecule has 0 bridgehead atoms. The topological polar surface area (TPSA) is 48.6 Å². The van der Waals surface area contributed by atoms with Crippen molar-refractivity contribution >= 4 is 6.21 Å². The van der Waals surface area contributed by atoms with Crippen LogP contribution >= 0.6 is 0 Å². The molecule has 0 radical (unpaired) electrons.